The molecule has 2 heterocycles. The van der Waals surface area contributed by atoms with E-state index in [0.29, 0.717) is 16.7 Å². The Morgan fingerprint density at radius 2 is 2.29 bits per heavy atom. The van der Waals surface area contributed by atoms with Gasteiger partial charge < -0.3 is 0 Å². The first kappa shape index (κ1) is 9.49. The first-order valence-electron chi connectivity index (χ1n) is 4.00. The van der Waals surface area contributed by atoms with Gasteiger partial charge in [-0.2, -0.15) is 0 Å². The fourth-order valence-electron chi connectivity index (χ4n) is 1.12. The Bertz CT molecular complexity index is 426. The van der Waals surface area contributed by atoms with Gasteiger partial charge in [-0.15, -0.1) is 11.6 Å². The van der Waals surface area contributed by atoms with Crippen LogP contribution in [0, 0.1) is 0 Å². The number of pyridine rings is 1. The molecule has 2 aromatic heterocycles. The van der Waals surface area contributed by atoms with Gasteiger partial charge in [0.05, 0.1) is 5.02 Å². The molecule has 0 aliphatic heterocycles. The van der Waals surface area contributed by atoms with Crippen molar-refractivity contribution in [2.45, 2.75) is 5.88 Å². The third kappa shape index (κ3) is 1.74. The number of imidazole rings is 1. The van der Waals surface area contributed by atoms with E-state index in [1.807, 2.05) is 0 Å². The number of alkyl halides is 1. The van der Waals surface area contributed by atoms with E-state index >= 15 is 0 Å². The summed E-state index contributed by atoms with van der Waals surface area (Å²) in [5, 5.41) is 0.571. The van der Waals surface area contributed by atoms with Crippen molar-refractivity contribution in [3.8, 4) is 5.82 Å². The van der Waals surface area contributed by atoms with Crippen LogP contribution >= 0.6 is 23.2 Å². The summed E-state index contributed by atoms with van der Waals surface area (Å²) in [5.41, 5.74) is 0.903. The minimum Gasteiger partial charge on any atom is -0.289 e. The number of rotatable bonds is 2. The van der Waals surface area contributed by atoms with Gasteiger partial charge in [-0.05, 0) is 11.6 Å². The molecule has 0 unspecified atom stereocenters. The van der Waals surface area contributed by atoms with Crippen molar-refractivity contribution in [2.24, 2.45) is 0 Å². The third-order valence-electron chi connectivity index (χ3n) is 1.78. The number of nitrogens with zero attached hydrogens (tertiary/aromatic N) is 3. The van der Waals surface area contributed by atoms with E-state index in [1.54, 1.807) is 35.6 Å². The number of hydrogen-bond acceptors (Lipinski definition) is 2. The lowest BCUT2D eigenvalue weighted by molar-refractivity contribution is 0.987. The molecule has 72 valence electrons. The molecule has 2 aromatic rings. The molecule has 0 fully saturated rings. The standard InChI is InChI=1S/C9H7Cl2N3/c10-4-7-3-8(11)9(13-5-7)14-2-1-12-6-14/h1-3,5-6H,4H2. The van der Waals surface area contributed by atoms with Gasteiger partial charge >= 0.3 is 0 Å². The zero-order valence-corrected chi connectivity index (χ0v) is 8.70. The molecule has 5 heteroatoms. The van der Waals surface area contributed by atoms with Gasteiger partial charge in [0.15, 0.2) is 5.82 Å². The van der Waals surface area contributed by atoms with Crippen molar-refractivity contribution < 1.29 is 0 Å². The molecule has 0 amide bonds. The van der Waals surface area contributed by atoms with Crippen LogP contribution in [0.2, 0.25) is 5.02 Å². The van der Waals surface area contributed by atoms with Gasteiger partial charge in [-0.25, -0.2) is 9.97 Å². The lowest BCUT2D eigenvalue weighted by Gasteiger charge is -2.04. The van der Waals surface area contributed by atoms with Gasteiger partial charge in [0, 0.05) is 24.5 Å². The van der Waals surface area contributed by atoms with E-state index in [0.717, 1.165) is 5.56 Å². The second kappa shape index (κ2) is 3.98. The van der Waals surface area contributed by atoms with Crippen LogP contribution in [0.25, 0.3) is 5.82 Å². The van der Waals surface area contributed by atoms with E-state index in [2.05, 4.69) is 9.97 Å². The topological polar surface area (TPSA) is 30.7 Å². The number of aromatic nitrogens is 3. The van der Waals surface area contributed by atoms with E-state index in [-0.39, 0.29) is 0 Å². The van der Waals surface area contributed by atoms with E-state index < -0.39 is 0 Å². The molecule has 0 aliphatic rings. The van der Waals surface area contributed by atoms with Crippen molar-refractivity contribution in [1.29, 1.82) is 0 Å². The molecular formula is C9H7Cl2N3. The molecule has 0 N–H and O–H groups in total. The monoisotopic (exact) mass is 227 g/mol. The molecule has 0 saturated heterocycles. The zero-order valence-electron chi connectivity index (χ0n) is 7.19. The van der Waals surface area contributed by atoms with Crippen molar-refractivity contribution in [3.63, 3.8) is 0 Å². The van der Waals surface area contributed by atoms with Crippen molar-refractivity contribution >= 4 is 23.2 Å². The molecule has 14 heavy (non-hydrogen) atoms. The van der Waals surface area contributed by atoms with Crippen LogP contribution in [0.1, 0.15) is 5.56 Å². The molecule has 0 radical (unpaired) electrons. The lowest BCUT2D eigenvalue weighted by atomic mass is 10.3. The number of hydrogen-bond donors (Lipinski definition) is 0. The SMILES string of the molecule is ClCc1cnc(-n2ccnc2)c(Cl)c1. The third-order valence-corrected chi connectivity index (χ3v) is 2.37. The molecule has 0 bridgehead atoms. The maximum absolute atomic E-state index is 6.03. The van der Waals surface area contributed by atoms with Gasteiger partial charge in [0.25, 0.3) is 0 Å². The summed E-state index contributed by atoms with van der Waals surface area (Å²) in [5.74, 6) is 1.08. The Morgan fingerprint density at radius 1 is 1.43 bits per heavy atom. The first-order valence-corrected chi connectivity index (χ1v) is 4.91. The molecule has 3 nitrogen and oxygen atoms in total. The second-order valence-corrected chi connectivity index (χ2v) is 3.43. The normalized spacial score (nSPS) is 10.4. The summed E-state index contributed by atoms with van der Waals surface area (Å²) < 4.78 is 1.75. The smallest absolute Gasteiger partial charge is 0.156 e. The van der Waals surface area contributed by atoms with Gasteiger partial charge in [-0.3, -0.25) is 4.57 Å². The molecule has 0 atom stereocenters. The predicted octanol–water partition coefficient (Wildman–Crippen LogP) is 2.66. The van der Waals surface area contributed by atoms with Gasteiger partial charge in [-0.1, -0.05) is 11.6 Å². The molecule has 2 rings (SSSR count). The van der Waals surface area contributed by atoms with Crippen LogP contribution in [-0.4, -0.2) is 14.5 Å². The Kier molecular flexibility index (Phi) is 2.70. The van der Waals surface area contributed by atoms with Crippen LogP contribution in [0.3, 0.4) is 0 Å². The highest BCUT2D eigenvalue weighted by molar-refractivity contribution is 6.32. The van der Waals surface area contributed by atoms with Crippen LogP contribution < -0.4 is 0 Å². The molecule has 0 aliphatic carbocycles. The Morgan fingerprint density at radius 3 is 2.86 bits per heavy atom. The highest BCUT2D eigenvalue weighted by atomic mass is 35.5. The highest BCUT2D eigenvalue weighted by Gasteiger charge is 2.04. The Hall–Kier alpha value is -1.06. The summed E-state index contributed by atoms with van der Waals surface area (Å²) in [4.78, 5) is 8.12. The van der Waals surface area contributed by atoms with Crippen LogP contribution in [0.4, 0.5) is 0 Å². The summed E-state index contributed by atoms with van der Waals surface area (Å²) in [6.45, 7) is 0. The predicted molar refractivity (Wildman–Crippen MR) is 55.9 cm³/mol. The molecule has 0 aromatic carbocycles. The molecule has 0 saturated carbocycles. The van der Waals surface area contributed by atoms with Crippen LogP contribution in [-0.2, 0) is 5.88 Å². The average Bonchev–Trinajstić information content (AvgIpc) is 2.70. The van der Waals surface area contributed by atoms with Crippen molar-refractivity contribution in [2.75, 3.05) is 0 Å². The maximum atomic E-state index is 6.03. The van der Waals surface area contributed by atoms with Gasteiger partial charge in [0.2, 0.25) is 0 Å². The quantitative estimate of drug-likeness (QED) is 0.739. The minimum atomic E-state index is 0.414. The minimum absolute atomic E-state index is 0.414. The first-order chi connectivity index (χ1) is 6.81. The van der Waals surface area contributed by atoms with E-state index in [9.17, 15) is 0 Å². The van der Waals surface area contributed by atoms with Gasteiger partial charge in [0.1, 0.15) is 6.33 Å². The van der Waals surface area contributed by atoms with Crippen LogP contribution in [0.15, 0.2) is 31.0 Å². The maximum Gasteiger partial charge on any atom is 0.156 e. The molecular weight excluding hydrogens is 221 g/mol. The highest BCUT2D eigenvalue weighted by Crippen LogP contribution is 2.19. The largest absolute Gasteiger partial charge is 0.289 e. The Labute approximate surface area is 91.3 Å². The Balaban J connectivity index is 2.46. The van der Waals surface area contributed by atoms with E-state index in [4.69, 9.17) is 23.2 Å². The van der Waals surface area contributed by atoms with Crippen LogP contribution in [0.5, 0.6) is 0 Å². The van der Waals surface area contributed by atoms with Crippen molar-refractivity contribution in [3.05, 3.63) is 41.6 Å². The summed E-state index contributed by atoms with van der Waals surface area (Å²) >= 11 is 11.7. The number of halogens is 2. The van der Waals surface area contributed by atoms with Crippen molar-refractivity contribution in [1.82, 2.24) is 14.5 Å². The summed E-state index contributed by atoms with van der Waals surface area (Å²) in [6.07, 6.45) is 6.81. The second-order valence-electron chi connectivity index (χ2n) is 2.75. The fourth-order valence-corrected chi connectivity index (χ4v) is 1.55. The fraction of sp³-hybridized carbons (Fsp3) is 0.111. The summed E-state index contributed by atoms with van der Waals surface area (Å²) in [6, 6.07) is 1.80. The van der Waals surface area contributed by atoms with E-state index in [1.165, 1.54) is 0 Å². The average molecular weight is 228 g/mol. The summed E-state index contributed by atoms with van der Waals surface area (Å²) in [7, 11) is 0. The molecule has 0 spiro atoms. The zero-order chi connectivity index (χ0) is 9.97. The lowest BCUT2D eigenvalue weighted by Crippen LogP contribution is -1.96.